The smallest absolute Gasteiger partial charge is 0.251 e. The van der Waals surface area contributed by atoms with Crippen molar-refractivity contribution in [1.82, 2.24) is 10.6 Å². The quantitative estimate of drug-likeness (QED) is 0.673. The largest absolute Gasteiger partial charge is 0.348 e. The first-order valence-electron chi connectivity index (χ1n) is 9.32. The molecule has 142 valence electrons. The highest BCUT2D eigenvalue weighted by Gasteiger charge is 2.12. The van der Waals surface area contributed by atoms with Gasteiger partial charge in [-0.1, -0.05) is 60.2 Å². The van der Waals surface area contributed by atoms with Crippen LogP contribution in [0.1, 0.15) is 50.4 Å². The Hall–Kier alpha value is -3.40. The van der Waals surface area contributed by atoms with Crippen molar-refractivity contribution in [2.45, 2.75) is 26.4 Å². The minimum Gasteiger partial charge on any atom is -0.348 e. The molecule has 4 nitrogen and oxygen atoms in total. The molecule has 0 aliphatic carbocycles. The van der Waals surface area contributed by atoms with Gasteiger partial charge in [0.25, 0.3) is 11.8 Å². The third-order valence-corrected chi connectivity index (χ3v) is 4.59. The molecule has 0 spiro atoms. The summed E-state index contributed by atoms with van der Waals surface area (Å²) < 4.78 is 0. The van der Waals surface area contributed by atoms with Crippen molar-refractivity contribution in [3.05, 3.63) is 107 Å². The van der Waals surface area contributed by atoms with Crippen molar-refractivity contribution in [3.63, 3.8) is 0 Å². The lowest BCUT2D eigenvalue weighted by molar-refractivity contribution is 0.0932. The fourth-order valence-corrected chi connectivity index (χ4v) is 2.98. The molecular formula is C24H24N2O2. The van der Waals surface area contributed by atoms with E-state index in [1.54, 1.807) is 24.3 Å². The third-order valence-electron chi connectivity index (χ3n) is 4.59. The molecule has 4 heteroatoms. The Kier molecular flexibility index (Phi) is 6.22. The first-order valence-corrected chi connectivity index (χ1v) is 9.32. The van der Waals surface area contributed by atoms with Gasteiger partial charge in [-0.2, -0.15) is 0 Å². The molecule has 1 atom stereocenters. The summed E-state index contributed by atoms with van der Waals surface area (Å²) >= 11 is 0. The molecule has 3 rings (SSSR count). The number of nitrogens with one attached hydrogen (secondary N) is 2. The maximum Gasteiger partial charge on any atom is 0.251 e. The van der Waals surface area contributed by atoms with Crippen LogP contribution in [0.4, 0.5) is 0 Å². The number of benzene rings is 3. The van der Waals surface area contributed by atoms with E-state index >= 15 is 0 Å². The van der Waals surface area contributed by atoms with E-state index in [1.165, 1.54) is 0 Å². The first-order chi connectivity index (χ1) is 13.5. The van der Waals surface area contributed by atoms with Gasteiger partial charge in [0.05, 0.1) is 6.04 Å². The number of aryl methyl sites for hydroxylation is 1. The van der Waals surface area contributed by atoms with Gasteiger partial charge >= 0.3 is 0 Å². The summed E-state index contributed by atoms with van der Waals surface area (Å²) in [4.78, 5) is 24.8. The van der Waals surface area contributed by atoms with E-state index in [2.05, 4.69) is 10.6 Å². The topological polar surface area (TPSA) is 58.2 Å². The van der Waals surface area contributed by atoms with Crippen LogP contribution >= 0.6 is 0 Å². The molecule has 0 bridgehead atoms. The minimum absolute atomic E-state index is 0.0917. The average Bonchev–Trinajstić information content (AvgIpc) is 2.72. The van der Waals surface area contributed by atoms with Crippen molar-refractivity contribution in [3.8, 4) is 0 Å². The molecule has 0 saturated heterocycles. The van der Waals surface area contributed by atoms with E-state index in [1.807, 2.05) is 68.4 Å². The Balaban J connectivity index is 1.57. The van der Waals surface area contributed by atoms with Crippen LogP contribution in [0.2, 0.25) is 0 Å². The SMILES string of the molecule is Cc1cccc(CNC(=O)c2ccc(C(=O)NC(C)c3ccccc3)cc2)c1. The summed E-state index contributed by atoms with van der Waals surface area (Å²) in [5, 5.41) is 5.88. The van der Waals surface area contributed by atoms with Gasteiger partial charge in [-0.25, -0.2) is 0 Å². The fourth-order valence-electron chi connectivity index (χ4n) is 2.98. The van der Waals surface area contributed by atoms with E-state index in [0.29, 0.717) is 17.7 Å². The molecule has 0 radical (unpaired) electrons. The fraction of sp³-hybridized carbons (Fsp3) is 0.167. The summed E-state index contributed by atoms with van der Waals surface area (Å²) in [7, 11) is 0. The van der Waals surface area contributed by atoms with Crippen LogP contribution in [0.5, 0.6) is 0 Å². The molecule has 0 aliphatic rings. The number of rotatable bonds is 6. The van der Waals surface area contributed by atoms with Gasteiger partial charge in [-0.15, -0.1) is 0 Å². The lowest BCUT2D eigenvalue weighted by atomic mass is 10.1. The van der Waals surface area contributed by atoms with E-state index in [9.17, 15) is 9.59 Å². The van der Waals surface area contributed by atoms with Gasteiger partial charge in [0.1, 0.15) is 0 Å². The molecule has 3 aromatic carbocycles. The zero-order valence-corrected chi connectivity index (χ0v) is 16.1. The van der Waals surface area contributed by atoms with Crippen molar-refractivity contribution < 1.29 is 9.59 Å². The molecule has 0 aliphatic heterocycles. The lowest BCUT2D eigenvalue weighted by Crippen LogP contribution is -2.27. The molecule has 0 aromatic heterocycles. The lowest BCUT2D eigenvalue weighted by Gasteiger charge is -2.14. The van der Waals surface area contributed by atoms with Crippen molar-refractivity contribution in [1.29, 1.82) is 0 Å². The Morgan fingerprint density at radius 1 is 0.821 bits per heavy atom. The Morgan fingerprint density at radius 2 is 1.46 bits per heavy atom. The summed E-state index contributed by atoms with van der Waals surface area (Å²) in [5.41, 5.74) is 4.31. The molecule has 1 unspecified atom stereocenters. The van der Waals surface area contributed by atoms with Gasteiger partial charge < -0.3 is 10.6 Å². The van der Waals surface area contributed by atoms with Crippen LogP contribution in [0.15, 0.2) is 78.9 Å². The van der Waals surface area contributed by atoms with Gasteiger partial charge in [0, 0.05) is 17.7 Å². The zero-order chi connectivity index (χ0) is 19.9. The Morgan fingerprint density at radius 3 is 2.11 bits per heavy atom. The van der Waals surface area contributed by atoms with E-state index < -0.39 is 0 Å². The predicted octanol–water partition coefficient (Wildman–Crippen LogP) is 4.42. The normalized spacial score (nSPS) is 11.5. The number of amides is 2. The predicted molar refractivity (Wildman–Crippen MR) is 111 cm³/mol. The summed E-state index contributed by atoms with van der Waals surface area (Å²) in [5.74, 6) is -0.325. The number of carbonyl (C=O) groups is 2. The van der Waals surface area contributed by atoms with Crippen LogP contribution in [0, 0.1) is 6.92 Å². The number of hydrogen-bond donors (Lipinski definition) is 2. The molecule has 0 heterocycles. The second-order valence-corrected chi connectivity index (χ2v) is 6.85. The second-order valence-electron chi connectivity index (χ2n) is 6.85. The highest BCUT2D eigenvalue weighted by molar-refractivity contribution is 5.97. The van der Waals surface area contributed by atoms with E-state index in [-0.39, 0.29) is 17.9 Å². The second kappa shape index (κ2) is 9.00. The third kappa shape index (κ3) is 5.07. The maximum atomic E-state index is 12.4. The van der Waals surface area contributed by atoms with Crippen LogP contribution in [-0.2, 0) is 6.54 Å². The van der Waals surface area contributed by atoms with Crippen molar-refractivity contribution in [2.75, 3.05) is 0 Å². The molecule has 0 saturated carbocycles. The summed E-state index contributed by atoms with van der Waals surface area (Å²) in [6.07, 6.45) is 0. The Labute approximate surface area is 165 Å². The molecular weight excluding hydrogens is 348 g/mol. The Bertz CT molecular complexity index is 950. The van der Waals surface area contributed by atoms with Crippen molar-refractivity contribution >= 4 is 11.8 Å². The maximum absolute atomic E-state index is 12.4. The minimum atomic E-state index is -0.164. The monoisotopic (exact) mass is 372 g/mol. The highest BCUT2D eigenvalue weighted by atomic mass is 16.2. The van der Waals surface area contributed by atoms with Crippen LogP contribution in [0.3, 0.4) is 0 Å². The number of carbonyl (C=O) groups excluding carboxylic acids is 2. The van der Waals surface area contributed by atoms with Gasteiger partial charge in [-0.3, -0.25) is 9.59 Å². The standard InChI is InChI=1S/C24H24N2O2/c1-17-7-6-8-19(15-17)16-25-23(27)21-11-13-22(14-12-21)24(28)26-18(2)20-9-4-3-5-10-20/h3-15,18H,16H2,1-2H3,(H,25,27)(H,26,28). The summed E-state index contributed by atoms with van der Waals surface area (Å²) in [6, 6.07) is 24.4. The van der Waals surface area contributed by atoms with Gasteiger partial charge in [0.15, 0.2) is 0 Å². The first kappa shape index (κ1) is 19.4. The molecule has 2 N–H and O–H groups in total. The zero-order valence-electron chi connectivity index (χ0n) is 16.1. The van der Waals surface area contributed by atoms with Crippen molar-refractivity contribution in [2.24, 2.45) is 0 Å². The van der Waals surface area contributed by atoms with Gasteiger partial charge in [-0.05, 0) is 49.2 Å². The highest BCUT2D eigenvalue weighted by Crippen LogP contribution is 2.13. The van der Waals surface area contributed by atoms with E-state index in [0.717, 1.165) is 16.7 Å². The van der Waals surface area contributed by atoms with E-state index in [4.69, 9.17) is 0 Å². The summed E-state index contributed by atoms with van der Waals surface area (Å²) in [6.45, 7) is 4.44. The van der Waals surface area contributed by atoms with Crippen LogP contribution < -0.4 is 10.6 Å². The molecule has 0 fully saturated rings. The number of hydrogen-bond acceptors (Lipinski definition) is 2. The molecule has 3 aromatic rings. The average molecular weight is 372 g/mol. The van der Waals surface area contributed by atoms with Crippen LogP contribution in [-0.4, -0.2) is 11.8 Å². The van der Waals surface area contributed by atoms with Gasteiger partial charge in [0.2, 0.25) is 0 Å². The molecule has 2 amide bonds. The van der Waals surface area contributed by atoms with Crippen LogP contribution in [0.25, 0.3) is 0 Å². The molecule has 28 heavy (non-hydrogen) atoms.